The smallest absolute Gasteiger partial charge is 0.162 e. The van der Waals surface area contributed by atoms with Crippen molar-refractivity contribution in [1.29, 1.82) is 0 Å². The molecule has 1 heterocycles. The van der Waals surface area contributed by atoms with Gasteiger partial charge in [-0.1, -0.05) is 6.07 Å². The van der Waals surface area contributed by atoms with Crippen molar-refractivity contribution in [3.63, 3.8) is 0 Å². The molecule has 3 rings (SSSR count). The van der Waals surface area contributed by atoms with Gasteiger partial charge in [0.15, 0.2) is 11.5 Å². The molecule has 5 nitrogen and oxygen atoms in total. The fourth-order valence-electron chi connectivity index (χ4n) is 2.47. The molecule has 0 aliphatic heterocycles. The van der Waals surface area contributed by atoms with Gasteiger partial charge in [0.05, 0.1) is 25.4 Å². The van der Waals surface area contributed by atoms with Crippen LogP contribution in [0.2, 0.25) is 0 Å². The van der Waals surface area contributed by atoms with Crippen LogP contribution in [0.25, 0.3) is 10.9 Å². The Kier molecular flexibility index (Phi) is 3.93. The molecular weight excluding hydrogens is 292 g/mol. The van der Waals surface area contributed by atoms with E-state index in [4.69, 9.17) is 9.47 Å². The molecule has 1 aromatic heterocycles. The normalized spacial score (nSPS) is 10.6. The van der Waals surface area contributed by atoms with Crippen molar-refractivity contribution in [2.75, 3.05) is 19.5 Å². The predicted octanol–water partition coefficient (Wildman–Crippen LogP) is 4.01. The SMILES string of the molecule is COc1cc2nccc(Nc3ccc(C)cc3O)c2cc1OC. The van der Waals surface area contributed by atoms with Crippen LogP contribution in [0.15, 0.2) is 42.6 Å². The van der Waals surface area contributed by atoms with Crippen LogP contribution in [0.5, 0.6) is 17.2 Å². The van der Waals surface area contributed by atoms with E-state index >= 15 is 0 Å². The van der Waals surface area contributed by atoms with Gasteiger partial charge in [0.1, 0.15) is 5.75 Å². The number of ether oxygens (including phenoxy) is 2. The summed E-state index contributed by atoms with van der Waals surface area (Å²) >= 11 is 0. The molecule has 0 amide bonds. The zero-order valence-corrected chi connectivity index (χ0v) is 13.3. The van der Waals surface area contributed by atoms with Gasteiger partial charge in [-0.15, -0.1) is 0 Å². The lowest BCUT2D eigenvalue weighted by atomic mass is 10.1. The summed E-state index contributed by atoms with van der Waals surface area (Å²) in [5.74, 6) is 1.46. The van der Waals surface area contributed by atoms with Gasteiger partial charge in [-0.25, -0.2) is 0 Å². The van der Waals surface area contributed by atoms with E-state index in [-0.39, 0.29) is 5.75 Å². The monoisotopic (exact) mass is 310 g/mol. The number of aryl methyl sites for hydroxylation is 1. The second kappa shape index (κ2) is 6.04. The lowest BCUT2D eigenvalue weighted by Gasteiger charge is -2.14. The fourth-order valence-corrected chi connectivity index (χ4v) is 2.47. The molecule has 5 heteroatoms. The number of anilines is 2. The van der Waals surface area contributed by atoms with E-state index in [1.807, 2.05) is 37.3 Å². The van der Waals surface area contributed by atoms with Crippen molar-refractivity contribution >= 4 is 22.3 Å². The molecule has 3 aromatic rings. The maximum absolute atomic E-state index is 10.1. The predicted molar refractivity (Wildman–Crippen MR) is 91.0 cm³/mol. The zero-order chi connectivity index (χ0) is 16.4. The minimum atomic E-state index is 0.204. The molecule has 0 radical (unpaired) electrons. The van der Waals surface area contributed by atoms with Gasteiger partial charge in [0, 0.05) is 23.3 Å². The van der Waals surface area contributed by atoms with E-state index in [9.17, 15) is 5.11 Å². The van der Waals surface area contributed by atoms with Crippen LogP contribution in [0.4, 0.5) is 11.4 Å². The van der Waals surface area contributed by atoms with Gasteiger partial charge in [0.2, 0.25) is 0 Å². The second-order valence-corrected chi connectivity index (χ2v) is 5.23. The Hall–Kier alpha value is -2.95. The van der Waals surface area contributed by atoms with Crippen LogP contribution in [0.1, 0.15) is 5.56 Å². The Morgan fingerprint density at radius 2 is 1.70 bits per heavy atom. The van der Waals surface area contributed by atoms with Gasteiger partial charge in [-0.2, -0.15) is 0 Å². The molecule has 0 atom stereocenters. The van der Waals surface area contributed by atoms with Crippen molar-refractivity contribution in [2.24, 2.45) is 0 Å². The number of methoxy groups -OCH3 is 2. The van der Waals surface area contributed by atoms with Crippen LogP contribution in [-0.4, -0.2) is 24.3 Å². The van der Waals surface area contributed by atoms with E-state index < -0.39 is 0 Å². The number of phenolic OH excluding ortho intramolecular Hbond substituents is 1. The summed E-state index contributed by atoms with van der Waals surface area (Å²) < 4.78 is 10.7. The largest absolute Gasteiger partial charge is 0.506 e. The Bertz CT molecular complexity index is 862. The average Bonchev–Trinajstić information content (AvgIpc) is 2.56. The summed E-state index contributed by atoms with van der Waals surface area (Å²) in [7, 11) is 3.19. The van der Waals surface area contributed by atoms with Gasteiger partial charge < -0.3 is 19.9 Å². The Morgan fingerprint density at radius 3 is 2.39 bits per heavy atom. The van der Waals surface area contributed by atoms with Crippen LogP contribution >= 0.6 is 0 Å². The molecule has 0 aliphatic carbocycles. The third kappa shape index (κ3) is 2.85. The van der Waals surface area contributed by atoms with E-state index in [2.05, 4.69) is 10.3 Å². The zero-order valence-electron chi connectivity index (χ0n) is 13.3. The highest BCUT2D eigenvalue weighted by atomic mass is 16.5. The molecule has 0 saturated heterocycles. The first-order valence-corrected chi connectivity index (χ1v) is 7.19. The second-order valence-electron chi connectivity index (χ2n) is 5.23. The lowest BCUT2D eigenvalue weighted by molar-refractivity contribution is 0.356. The molecule has 0 aliphatic rings. The maximum Gasteiger partial charge on any atom is 0.162 e. The average molecular weight is 310 g/mol. The first kappa shape index (κ1) is 15.0. The van der Waals surface area contributed by atoms with Crippen molar-refractivity contribution in [1.82, 2.24) is 4.98 Å². The summed E-state index contributed by atoms with van der Waals surface area (Å²) in [4.78, 5) is 4.37. The molecule has 118 valence electrons. The molecule has 2 aromatic carbocycles. The highest BCUT2D eigenvalue weighted by molar-refractivity contribution is 5.95. The molecule has 2 N–H and O–H groups in total. The van der Waals surface area contributed by atoms with Crippen molar-refractivity contribution in [2.45, 2.75) is 6.92 Å². The Morgan fingerprint density at radius 1 is 0.957 bits per heavy atom. The van der Waals surface area contributed by atoms with Crippen LogP contribution in [0.3, 0.4) is 0 Å². The quantitative estimate of drug-likeness (QED) is 0.713. The number of nitrogens with one attached hydrogen (secondary N) is 1. The summed E-state index contributed by atoms with van der Waals surface area (Å²) in [5.41, 5.74) is 3.24. The van der Waals surface area contributed by atoms with Crippen LogP contribution in [-0.2, 0) is 0 Å². The van der Waals surface area contributed by atoms with Gasteiger partial charge >= 0.3 is 0 Å². The summed E-state index contributed by atoms with van der Waals surface area (Å²) in [6.45, 7) is 1.93. The molecule has 0 bridgehead atoms. The van der Waals surface area contributed by atoms with E-state index in [0.717, 1.165) is 22.2 Å². The molecule has 0 saturated carbocycles. The number of hydrogen-bond acceptors (Lipinski definition) is 5. The minimum absolute atomic E-state index is 0.204. The van der Waals surface area contributed by atoms with Gasteiger partial charge in [0.25, 0.3) is 0 Å². The number of rotatable bonds is 4. The number of nitrogens with zero attached hydrogens (tertiary/aromatic N) is 1. The Balaban J connectivity index is 2.10. The summed E-state index contributed by atoms with van der Waals surface area (Å²) in [6, 6.07) is 11.1. The third-order valence-electron chi connectivity index (χ3n) is 3.67. The van der Waals surface area contributed by atoms with Crippen molar-refractivity contribution in [3.8, 4) is 17.2 Å². The molecule has 0 unspecified atom stereocenters. The minimum Gasteiger partial charge on any atom is -0.506 e. The van der Waals surface area contributed by atoms with Gasteiger partial charge in [-0.3, -0.25) is 4.98 Å². The number of pyridine rings is 1. The van der Waals surface area contributed by atoms with Crippen LogP contribution < -0.4 is 14.8 Å². The van der Waals surface area contributed by atoms with E-state index in [0.29, 0.717) is 17.2 Å². The number of fused-ring (bicyclic) bond motifs is 1. The number of aromatic nitrogens is 1. The summed E-state index contributed by atoms with van der Waals surface area (Å²) in [6.07, 6.45) is 1.71. The topological polar surface area (TPSA) is 63.6 Å². The maximum atomic E-state index is 10.1. The summed E-state index contributed by atoms with van der Waals surface area (Å²) in [5, 5.41) is 14.2. The first-order valence-electron chi connectivity index (χ1n) is 7.19. The van der Waals surface area contributed by atoms with E-state index in [1.54, 1.807) is 26.5 Å². The molecule has 23 heavy (non-hydrogen) atoms. The molecule has 0 fully saturated rings. The molecule has 0 spiro atoms. The number of benzene rings is 2. The molecular formula is C18H18N2O3. The number of hydrogen-bond donors (Lipinski definition) is 2. The van der Waals surface area contributed by atoms with Gasteiger partial charge in [-0.05, 0) is 36.8 Å². The van der Waals surface area contributed by atoms with Crippen LogP contribution in [0, 0.1) is 6.92 Å². The van der Waals surface area contributed by atoms with Crippen molar-refractivity contribution in [3.05, 3.63) is 48.2 Å². The first-order chi connectivity index (χ1) is 11.1. The fraction of sp³-hybridized carbons (Fsp3) is 0.167. The third-order valence-corrected chi connectivity index (χ3v) is 3.67. The number of aromatic hydroxyl groups is 1. The lowest BCUT2D eigenvalue weighted by Crippen LogP contribution is -1.96. The standard InChI is InChI=1S/C18H18N2O3/c1-11-4-5-14(16(21)8-11)20-13-6-7-19-15-10-18(23-3)17(22-2)9-12(13)15/h4-10,21H,1-3H3,(H,19,20). The van der Waals surface area contributed by atoms with E-state index in [1.165, 1.54) is 0 Å². The number of phenols is 1. The van der Waals surface area contributed by atoms with Crippen molar-refractivity contribution < 1.29 is 14.6 Å². The highest BCUT2D eigenvalue weighted by Gasteiger charge is 2.11. The Labute approximate surface area is 134 Å². The highest BCUT2D eigenvalue weighted by Crippen LogP contribution is 2.36.